The number of anilines is 1. The monoisotopic (exact) mass is 398 g/mol. The number of nitrogens with zero attached hydrogens (tertiary/aromatic N) is 3. The second-order valence-electron chi connectivity index (χ2n) is 7.39. The molecule has 0 saturated heterocycles. The van der Waals surface area contributed by atoms with Gasteiger partial charge >= 0.3 is 5.97 Å². The van der Waals surface area contributed by atoms with Crippen LogP contribution in [0.4, 0.5) is 5.82 Å². The molecule has 154 valence electrons. The van der Waals surface area contributed by atoms with Crippen LogP contribution in [0.2, 0.25) is 0 Å². The van der Waals surface area contributed by atoms with Gasteiger partial charge in [0.1, 0.15) is 17.9 Å². The van der Waals surface area contributed by atoms with Crippen molar-refractivity contribution in [3.05, 3.63) is 35.7 Å². The number of benzene rings is 1. The minimum absolute atomic E-state index is 0.300. The Balaban J connectivity index is 2.21. The van der Waals surface area contributed by atoms with Gasteiger partial charge in [0.15, 0.2) is 5.82 Å². The molecule has 0 radical (unpaired) electrons. The van der Waals surface area contributed by atoms with E-state index in [1.165, 1.54) is 13.2 Å². The van der Waals surface area contributed by atoms with Gasteiger partial charge in [0.25, 0.3) is 0 Å². The normalized spacial score (nSPS) is 12.3. The Morgan fingerprint density at radius 2 is 2.10 bits per heavy atom. The van der Waals surface area contributed by atoms with Crippen LogP contribution in [0.5, 0.6) is 0 Å². The minimum Gasteiger partial charge on any atom is -0.466 e. The molecule has 0 aliphatic carbocycles. The molecule has 3 rings (SSSR count). The number of hydrogen-bond donors (Lipinski definition) is 2. The van der Waals surface area contributed by atoms with Gasteiger partial charge in [-0.05, 0) is 38.5 Å². The summed E-state index contributed by atoms with van der Waals surface area (Å²) in [5.74, 6) is 0.547. The molecule has 2 aromatic heterocycles. The topological polar surface area (TPSA) is 112 Å². The summed E-state index contributed by atoms with van der Waals surface area (Å²) in [5, 5.41) is 11.3. The molecule has 3 aromatic rings. The van der Waals surface area contributed by atoms with Gasteiger partial charge in [0.05, 0.1) is 30.3 Å². The first-order chi connectivity index (χ1) is 13.7. The van der Waals surface area contributed by atoms with Crippen molar-refractivity contribution in [2.24, 2.45) is 0 Å². The van der Waals surface area contributed by atoms with E-state index in [9.17, 15) is 9.90 Å². The molecular weight excluding hydrogens is 372 g/mol. The highest BCUT2D eigenvalue weighted by molar-refractivity contribution is 6.07. The molecule has 0 fully saturated rings. The largest absolute Gasteiger partial charge is 0.466 e. The van der Waals surface area contributed by atoms with Crippen molar-refractivity contribution in [3.8, 4) is 0 Å². The fraction of sp³-hybridized carbons (Fsp3) is 0.381. The molecule has 0 aliphatic rings. The van der Waals surface area contributed by atoms with E-state index in [0.717, 1.165) is 16.5 Å². The van der Waals surface area contributed by atoms with Crippen LogP contribution in [0.1, 0.15) is 32.2 Å². The molecule has 0 bridgehead atoms. The standard InChI is InChI=1S/C21H26N4O4/c1-5-29-11-16-24-18-19(25(16)12-21(2,3)27)14-8-6-13(7-9-17(26)28-4)10-15(14)23-20(18)22/h6-10,27H,5,11-12H2,1-4H3,(H2,22,23). The number of fused-ring (bicyclic) bond motifs is 3. The molecule has 2 heterocycles. The molecule has 0 amide bonds. The molecule has 0 saturated carbocycles. The Bertz CT molecular complexity index is 1080. The maximum absolute atomic E-state index is 11.4. The maximum atomic E-state index is 11.4. The van der Waals surface area contributed by atoms with Gasteiger partial charge in [0, 0.05) is 18.1 Å². The van der Waals surface area contributed by atoms with E-state index in [-0.39, 0.29) is 0 Å². The smallest absolute Gasteiger partial charge is 0.330 e. The number of carbonyl (C=O) groups excluding carboxylic acids is 1. The highest BCUT2D eigenvalue weighted by atomic mass is 16.5. The van der Waals surface area contributed by atoms with E-state index >= 15 is 0 Å². The number of carbonyl (C=O) groups is 1. The van der Waals surface area contributed by atoms with Crippen LogP contribution in [0, 0.1) is 0 Å². The molecule has 0 unspecified atom stereocenters. The summed E-state index contributed by atoms with van der Waals surface area (Å²) in [7, 11) is 1.33. The number of nitrogen functional groups attached to an aromatic ring is 1. The Labute approximate surface area is 169 Å². The van der Waals surface area contributed by atoms with Gasteiger partial charge in [-0.2, -0.15) is 0 Å². The van der Waals surface area contributed by atoms with Crippen LogP contribution in [0.3, 0.4) is 0 Å². The molecule has 8 heteroatoms. The number of aromatic nitrogens is 3. The summed E-state index contributed by atoms with van der Waals surface area (Å²) in [5.41, 5.74) is 8.09. The number of rotatable bonds is 7. The van der Waals surface area contributed by atoms with Crippen LogP contribution < -0.4 is 5.73 Å². The van der Waals surface area contributed by atoms with Crippen LogP contribution >= 0.6 is 0 Å². The summed E-state index contributed by atoms with van der Waals surface area (Å²) < 4.78 is 12.1. The summed E-state index contributed by atoms with van der Waals surface area (Å²) in [6.07, 6.45) is 3.00. The average molecular weight is 398 g/mol. The first kappa shape index (κ1) is 20.8. The summed E-state index contributed by atoms with van der Waals surface area (Å²) in [6, 6.07) is 5.63. The molecular formula is C21H26N4O4. The van der Waals surface area contributed by atoms with Crippen molar-refractivity contribution in [3.63, 3.8) is 0 Å². The van der Waals surface area contributed by atoms with E-state index < -0.39 is 11.6 Å². The van der Waals surface area contributed by atoms with Gasteiger partial charge in [-0.15, -0.1) is 0 Å². The van der Waals surface area contributed by atoms with Crippen molar-refractivity contribution >= 4 is 39.8 Å². The lowest BCUT2D eigenvalue weighted by Gasteiger charge is -2.20. The number of hydrogen-bond acceptors (Lipinski definition) is 7. The second-order valence-corrected chi connectivity index (χ2v) is 7.39. The Morgan fingerprint density at radius 3 is 2.76 bits per heavy atom. The van der Waals surface area contributed by atoms with Gasteiger partial charge < -0.3 is 24.9 Å². The van der Waals surface area contributed by atoms with Crippen molar-refractivity contribution in [1.82, 2.24) is 14.5 Å². The highest BCUT2D eigenvalue weighted by Crippen LogP contribution is 2.31. The zero-order valence-corrected chi connectivity index (χ0v) is 17.1. The Kier molecular flexibility index (Phi) is 5.86. The summed E-state index contributed by atoms with van der Waals surface area (Å²) >= 11 is 0. The van der Waals surface area contributed by atoms with E-state index in [1.807, 2.05) is 29.7 Å². The predicted molar refractivity (Wildman–Crippen MR) is 112 cm³/mol. The third-order valence-corrected chi connectivity index (χ3v) is 4.40. The fourth-order valence-corrected chi connectivity index (χ4v) is 3.17. The number of esters is 1. The van der Waals surface area contributed by atoms with Crippen LogP contribution in [-0.4, -0.2) is 44.9 Å². The third kappa shape index (κ3) is 4.55. The van der Waals surface area contributed by atoms with E-state index in [2.05, 4.69) is 14.7 Å². The molecule has 8 nitrogen and oxygen atoms in total. The fourth-order valence-electron chi connectivity index (χ4n) is 3.17. The number of pyridine rings is 1. The van der Waals surface area contributed by atoms with Gasteiger partial charge in [-0.1, -0.05) is 12.1 Å². The number of imidazole rings is 1. The van der Waals surface area contributed by atoms with Crippen molar-refractivity contribution in [2.45, 2.75) is 39.5 Å². The molecule has 1 aromatic carbocycles. The lowest BCUT2D eigenvalue weighted by Crippen LogP contribution is -2.27. The second kappa shape index (κ2) is 8.18. The first-order valence-corrected chi connectivity index (χ1v) is 9.38. The van der Waals surface area contributed by atoms with Gasteiger partial charge in [0.2, 0.25) is 0 Å². The number of nitrogens with two attached hydrogens (primary N) is 1. The van der Waals surface area contributed by atoms with E-state index in [4.69, 9.17) is 10.5 Å². The summed E-state index contributed by atoms with van der Waals surface area (Å²) in [6.45, 7) is 6.59. The maximum Gasteiger partial charge on any atom is 0.330 e. The lowest BCUT2D eigenvalue weighted by atomic mass is 10.1. The summed E-state index contributed by atoms with van der Waals surface area (Å²) in [4.78, 5) is 20.5. The van der Waals surface area contributed by atoms with Crippen LogP contribution in [0.25, 0.3) is 28.0 Å². The SMILES string of the molecule is CCOCc1nc2c(N)nc3cc(C=CC(=O)OC)ccc3c2n1CC(C)(C)O. The van der Waals surface area contributed by atoms with Crippen molar-refractivity contribution in [1.29, 1.82) is 0 Å². The quantitative estimate of drug-likeness (QED) is 0.465. The van der Waals surface area contributed by atoms with Crippen LogP contribution in [0.15, 0.2) is 24.3 Å². The molecule has 29 heavy (non-hydrogen) atoms. The van der Waals surface area contributed by atoms with Gasteiger partial charge in [-0.25, -0.2) is 14.8 Å². The minimum atomic E-state index is -0.956. The molecule has 0 aliphatic heterocycles. The number of ether oxygens (including phenoxy) is 2. The zero-order chi connectivity index (χ0) is 21.2. The van der Waals surface area contributed by atoms with E-state index in [0.29, 0.717) is 42.4 Å². The molecule has 0 atom stereocenters. The molecule has 3 N–H and O–H groups in total. The van der Waals surface area contributed by atoms with Crippen LogP contribution in [-0.2, 0) is 27.4 Å². The number of aliphatic hydroxyl groups is 1. The first-order valence-electron chi connectivity index (χ1n) is 9.38. The van der Waals surface area contributed by atoms with E-state index in [1.54, 1.807) is 19.9 Å². The lowest BCUT2D eigenvalue weighted by molar-refractivity contribution is -0.134. The van der Waals surface area contributed by atoms with Crippen molar-refractivity contribution < 1.29 is 19.4 Å². The predicted octanol–water partition coefficient (Wildman–Crippen LogP) is 2.66. The third-order valence-electron chi connectivity index (χ3n) is 4.40. The van der Waals surface area contributed by atoms with Crippen molar-refractivity contribution in [2.75, 3.05) is 19.5 Å². The van der Waals surface area contributed by atoms with Gasteiger partial charge in [-0.3, -0.25) is 0 Å². The Hall–Kier alpha value is -2.97. The number of methoxy groups -OCH3 is 1. The zero-order valence-electron chi connectivity index (χ0n) is 17.1. The Morgan fingerprint density at radius 1 is 1.34 bits per heavy atom. The average Bonchev–Trinajstić information content (AvgIpc) is 3.01. The molecule has 0 spiro atoms. The highest BCUT2D eigenvalue weighted by Gasteiger charge is 2.22.